The van der Waals surface area contributed by atoms with Crippen molar-refractivity contribution in [3.05, 3.63) is 42.2 Å². The lowest BCUT2D eigenvalue weighted by molar-refractivity contribution is 0.541. The maximum atomic E-state index is 4.58. The highest BCUT2D eigenvalue weighted by Crippen LogP contribution is 2.22. The van der Waals surface area contributed by atoms with Crippen LogP contribution in [0.1, 0.15) is 25.1 Å². The average Bonchev–Trinajstić information content (AvgIpc) is 2.78. The zero-order chi connectivity index (χ0) is 13.7. The highest BCUT2D eigenvalue weighted by atomic mass is 32.2. The van der Waals surface area contributed by atoms with Crippen molar-refractivity contribution in [2.45, 2.75) is 26.3 Å². The Morgan fingerprint density at radius 3 is 2.74 bits per heavy atom. The number of benzene rings is 1. The first-order chi connectivity index (χ1) is 9.20. The molecule has 0 saturated heterocycles. The van der Waals surface area contributed by atoms with Gasteiger partial charge in [0.15, 0.2) is 0 Å². The number of anilines is 2. The van der Waals surface area contributed by atoms with Gasteiger partial charge in [0, 0.05) is 17.9 Å². The van der Waals surface area contributed by atoms with Crippen molar-refractivity contribution >= 4 is 23.4 Å². The van der Waals surface area contributed by atoms with E-state index in [0.717, 1.165) is 23.8 Å². The maximum Gasteiger partial charge on any atom is 0.207 e. The minimum absolute atomic E-state index is 0.458. The molecular weight excluding hydrogens is 254 g/mol. The number of hydrogen-bond donors (Lipinski definition) is 1. The summed E-state index contributed by atoms with van der Waals surface area (Å²) >= 11 is 1.89. The normalized spacial score (nSPS) is 12.4. The number of nitrogens with one attached hydrogen (secondary N) is 1. The summed E-state index contributed by atoms with van der Waals surface area (Å²) in [5.41, 5.74) is 2.13. The Balaban J connectivity index is 2.16. The van der Waals surface area contributed by atoms with Crippen molar-refractivity contribution in [1.29, 1.82) is 0 Å². The summed E-state index contributed by atoms with van der Waals surface area (Å²) in [6.07, 6.45) is 5.42. The highest BCUT2D eigenvalue weighted by molar-refractivity contribution is 7.98. The van der Waals surface area contributed by atoms with Gasteiger partial charge in [0.2, 0.25) is 5.95 Å². The number of imidazole rings is 1. The number of aromatic nitrogens is 2. The highest BCUT2D eigenvalue weighted by Gasteiger charge is 2.11. The Hall–Kier alpha value is -1.42. The number of aryl methyl sites for hydroxylation is 1. The van der Waals surface area contributed by atoms with E-state index in [1.165, 1.54) is 5.75 Å². The number of hydrogen-bond acceptors (Lipinski definition) is 3. The van der Waals surface area contributed by atoms with Crippen LogP contribution in [0, 0.1) is 6.92 Å². The fraction of sp³-hybridized carbons (Fsp3) is 0.400. The summed E-state index contributed by atoms with van der Waals surface area (Å²) in [5, 5.41) is 3.40. The molecule has 1 N–H and O–H groups in total. The molecule has 0 bridgehead atoms. The van der Waals surface area contributed by atoms with Crippen LogP contribution in [0.25, 0.3) is 0 Å². The molecule has 0 amide bonds. The van der Waals surface area contributed by atoms with E-state index in [4.69, 9.17) is 0 Å². The molecule has 0 aliphatic carbocycles. The largest absolute Gasteiger partial charge is 0.326 e. The fourth-order valence-corrected chi connectivity index (χ4v) is 2.60. The van der Waals surface area contributed by atoms with Gasteiger partial charge in [-0.05, 0) is 44.4 Å². The molecule has 0 radical (unpaired) electrons. The lowest BCUT2D eigenvalue weighted by atomic mass is 10.2. The van der Waals surface area contributed by atoms with Gasteiger partial charge in [0.1, 0.15) is 0 Å². The van der Waals surface area contributed by atoms with Crippen molar-refractivity contribution in [3.8, 4) is 0 Å². The molecule has 1 aromatic heterocycles. The van der Waals surface area contributed by atoms with Gasteiger partial charge < -0.3 is 9.88 Å². The molecule has 0 saturated carbocycles. The van der Waals surface area contributed by atoms with Crippen LogP contribution in [-0.2, 0) is 0 Å². The third-order valence-electron chi connectivity index (χ3n) is 3.10. The van der Waals surface area contributed by atoms with Crippen molar-refractivity contribution in [2.75, 3.05) is 17.3 Å². The fourth-order valence-electron chi connectivity index (χ4n) is 2.02. The van der Waals surface area contributed by atoms with Crippen LogP contribution >= 0.6 is 11.8 Å². The van der Waals surface area contributed by atoms with Crippen LogP contribution in [0.15, 0.2) is 36.5 Å². The third kappa shape index (κ3) is 3.77. The van der Waals surface area contributed by atoms with Gasteiger partial charge >= 0.3 is 0 Å². The molecule has 4 heteroatoms. The molecular formula is C15H21N3S. The molecule has 102 valence electrons. The van der Waals surface area contributed by atoms with E-state index in [2.05, 4.69) is 46.4 Å². The second-order valence-corrected chi connectivity index (χ2v) is 5.72. The van der Waals surface area contributed by atoms with E-state index in [9.17, 15) is 0 Å². The van der Waals surface area contributed by atoms with Crippen molar-refractivity contribution in [3.63, 3.8) is 0 Å². The minimum Gasteiger partial charge on any atom is -0.326 e. The Bertz CT molecular complexity index is 507. The van der Waals surface area contributed by atoms with E-state index < -0.39 is 0 Å². The van der Waals surface area contributed by atoms with Gasteiger partial charge in [-0.3, -0.25) is 0 Å². The Morgan fingerprint density at radius 1 is 1.32 bits per heavy atom. The van der Waals surface area contributed by atoms with Gasteiger partial charge in [0.25, 0.3) is 0 Å². The van der Waals surface area contributed by atoms with Gasteiger partial charge in [-0.1, -0.05) is 18.2 Å². The Kier molecular flexibility index (Phi) is 4.91. The van der Waals surface area contributed by atoms with Crippen LogP contribution in [0.5, 0.6) is 0 Å². The number of para-hydroxylation sites is 1. The van der Waals surface area contributed by atoms with E-state index in [0.29, 0.717) is 6.04 Å². The standard InChI is InChI=1S/C15H21N3S/c1-12-11-18(13(2)9-10-19-3)15(16-12)17-14-7-5-4-6-8-14/h4-8,11,13H,9-10H2,1-3H3,(H,16,17). The SMILES string of the molecule is CSCCC(C)n1cc(C)nc1Nc1ccccc1. The lowest BCUT2D eigenvalue weighted by Gasteiger charge is -2.16. The van der Waals surface area contributed by atoms with Gasteiger partial charge in [-0.15, -0.1) is 0 Å². The second-order valence-electron chi connectivity index (χ2n) is 4.73. The van der Waals surface area contributed by atoms with Crippen LogP contribution in [0.3, 0.4) is 0 Å². The van der Waals surface area contributed by atoms with E-state index in [1.54, 1.807) is 0 Å². The summed E-state index contributed by atoms with van der Waals surface area (Å²) in [6, 6.07) is 10.6. The average molecular weight is 275 g/mol. The van der Waals surface area contributed by atoms with Crippen LogP contribution < -0.4 is 5.32 Å². The van der Waals surface area contributed by atoms with Gasteiger partial charge in [-0.25, -0.2) is 4.98 Å². The van der Waals surface area contributed by atoms with Crippen molar-refractivity contribution in [2.24, 2.45) is 0 Å². The van der Waals surface area contributed by atoms with Crippen molar-refractivity contribution in [1.82, 2.24) is 9.55 Å². The first-order valence-corrected chi connectivity index (χ1v) is 7.96. The topological polar surface area (TPSA) is 29.9 Å². The summed E-state index contributed by atoms with van der Waals surface area (Å²) < 4.78 is 2.23. The Labute approximate surface area is 119 Å². The molecule has 3 nitrogen and oxygen atoms in total. The van der Waals surface area contributed by atoms with Crippen LogP contribution in [0.2, 0.25) is 0 Å². The molecule has 1 atom stereocenters. The molecule has 0 aliphatic heterocycles. The molecule has 0 aliphatic rings. The van der Waals surface area contributed by atoms with Crippen LogP contribution in [-0.4, -0.2) is 21.6 Å². The molecule has 1 unspecified atom stereocenters. The number of rotatable bonds is 6. The molecule has 0 fully saturated rings. The summed E-state index contributed by atoms with van der Waals surface area (Å²) in [5.74, 6) is 2.10. The maximum absolute atomic E-state index is 4.58. The third-order valence-corrected chi connectivity index (χ3v) is 3.74. The van der Waals surface area contributed by atoms with E-state index in [1.807, 2.05) is 36.9 Å². The lowest BCUT2D eigenvalue weighted by Crippen LogP contribution is -2.09. The minimum atomic E-state index is 0.458. The van der Waals surface area contributed by atoms with Gasteiger partial charge in [-0.2, -0.15) is 11.8 Å². The van der Waals surface area contributed by atoms with E-state index >= 15 is 0 Å². The predicted molar refractivity (Wildman–Crippen MR) is 84.4 cm³/mol. The van der Waals surface area contributed by atoms with E-state index in [-0.39, 0.29) is 0 Å². The monoisotopic (exact) mass is 275 g/mol. The van der Waals surface area contributed by atoms with Crippen molar-refractivity contribution < 1.29 is 0 Å². The Morgan fingerprint density at radius 2 is 2.05 bits per heavy atom. The second kappa shape index (κ2) is 6.66. The number of nitrogens with zero attached hydrogens (tertiary/aromatic N) is 2. The zero-order valence-electron chi connectivity index (χ0n) is 11.8. The predicted octanol–water partition coefficient (Wildman–Crippen LogP) is 4.25. The number of thioether (sulfide) groups is 1. The summed E-state index contributed by atoms with van der Waals surface area (Å²) in [7, 11) is 0. The first-order valence-electron chi connectivity index (χ1n) is 6.57. The molecule has 2 aromatic rings. The molecule has 19 heavy (non-hydrogen) atoms. The molecule has 0 spiro atoms. The zero-order valence-corrected chi connectivity index (χ0v) is 12.6. The molecule has 1 heterocycles. The smallest absolute Gasteiger partial charge is 0.207 e. The molecule has 1 aromatic carbocycles. The first kappa shape index (κ1) is 14.0. The molecule has 2 rings (SSSR count). The van der Waals surface area contributed by atoms with Gasteiger partial charge in [0.05, 0.1) is 5.69 Å². The summed E-state index contributed by atoms with van der Waals surface area (Å²) in [6.45, 7) is 4.28. The quantitative estimate of drug-likeness (QED) is 0.854. The summed E-state index contributed by atoms with van der Waals surface area (Å²) in [4.78, 5) is 4.58. The van der Waals surface area contributed by atoms with Crippen LogP contribution in [0.4, 0.5) is 11.6 Å².